The first-order chi connectivity index (χ1) is 11.2. The molecule has 0 bridgehead atoms. The van der Waals surface area contributed by atoms with Gasteiger partial charge < -0.3 is 18.9 Å². The molecule has 1 saturated heterocycles. The molecule has 0 spiro atoms. The van der Waals surface area contributed by atoms with Gasteiger partial charge in [-0.15, -0.1) is 0 Å². The molecule has 0 aliphatic carbocycles. The molecule has 0 saturated carbocycles. The quantitative estimate of drug-likeness (QED) is 0.458. The second-order valence-electron chi connectivity index (χ2n) is 5.47. The maximum Gasteiger partial charge on any atom is 0.341 e. The number of benzene rings is 1. The lowest BCUT2D eigenvalue weighted by Gasteiger charge is -2.24. The Morgan fingerprint density at radius 3 is 2.83 bits per heavy atom. The summed E-state index contributed by atoms with van der Waals surface area (Å²) < 4.78 is 21.4. The van der Waals surface area contributed by atoms with E-state index in [1.165, 1.54) is 20.5 Å². The highest BCUT2D eigenvalue weighted by Crippen LogP contribution is 2.26. The highest BCUT2D eigenvalue weighted by atomic mass is 16.7. The molecular formula is C18H24O5. The van der Waals surface area contributed by atoms with Crippen molar-refractivity contribution in [3.63, 3.8) is 0 Å². The fourth-order valence-corrected chi connectivity index (χ4v) is 2.61. The summed E-state index contributed by atoms with van der Waals surface area (Å²) in [4.78, 5) is 12.0. The fourth-order valence-electron chi connectivity index (χ4n) is 2.61. The third-order valence-electron chi connectivity index (χ3n) is 3.89. The van der Waals surface area contributed by atoms with E-state index in [1.54, 1.807) is 0 Å². The van der Waals surface area contributed by atoms with Crippen LogP contribution in [0.4, 0.5) is 0 Å². The topological polar surface area (TPSA) is 54.0 Å². The molecule has 1 aromatic rings. The standard InChI is InChI=1S/C18H24O5/c1-13-7-6-8-14(16(11-20-2)18(19)21-3)15(13)12-23-17-9-4-5-10-22-17/h6-8,11,17H,4-5,9-10,12H2,1-3H3/b16-11+. The third-order valence-corrected chi connectivity index (χ3v) is 3.89. The molecule has 2 rings (SSSR count). The largest absolute Gasteiger partial charge is 0.503 e. The highest BCUT2D eigenvalue weighted by molar-refractivity contribution is 6.16. The van der Waals surface area contributed by atoms with Gasteiger partial charge in [-0.3, -0.25) is 0 Å². The lowest BCUT2D eigenvalue weighted by atomic mass is 9.97. The van der Waals surface area contributed by atoms with E-state index < -0.39 is 5.97 Å². The number of hydrogen-bond acceptors (Lipinski definition) is 5. The van der Waals surface area contributed by atoms with Gasteiger partial charge in [-0.05, 0) is 42.9 Å². The van der Waals surface area contributed by atoms with Crippen LogP contribution in [0.2, 0.25) is 0 Å². The molecule has 0 aromatic heterocycles. The Morgan fingerprint density at radius 1 is 1.35 bits per heavy atom. The van der Waals surface area contributed by atoms with Crippen molar-refractivity contribution in [2.75, 3.05) is 20.8 Å². The Labute approximate surface area is 137 Å². The van der Waals surface area contributed by atoms with E-state index in [0.717, 1.165) is 42.6 Å². The van der Waals surface area contributed by atoms with Crippen LogP contribution >= 0.6 is 0 Å². The van der Waals surface area contributed by atoms with Gasteiger partial charge in [0.05, 0.1) is 27.1 Å². The zero-order valence-electron chi connectivity index (χ0n) is 14.0. The van der Waals surface area contributed by atoms with Crippen LogP contribution in [0.3, 0.4) is 0 Å². The Morgan fingerprint density at radius 2 is 2.17 bits per heavy atom. The molecule has 1 aliphatic rings. The highest BCUT2D eigenvalue weighted by Gasteiger charge is 2.20. The van der Waals surface area contributed by atoms with Crippen molar-refractivity contribution < 1.29 is 23.7 Å². The molecule has 1 unspecified atom stereocenters. The monoisotopic (exact) mass is 320 g/mol. The molecule has 0 N–H and O–H groups in total. The molecule has 1 aromatic carbocycles. The van der Waals surface area contributed by atoms with Crippen LogP contribution in [0, 0.1) is 6.92 Å². The van der Waals surface area contributed by atoms with Crippen molar-refractivity contribution in [2.45, 2.75) is 39.1 Å². The van der Waals surface area contributed by atoms with E-state index in [1.807, 2.05) is 25.1 Å². The van der Waals surface area contributed by atoms with Crippen LogP contribution in [0.25, 0.3) is 5.57 Å². The van der Waals surface area contributed by atoms with Crippen molar-refractivity contribution in [3.8, 4) is 0 Å². The van der Waals surface area contributed by atoms with E-state index in [2.05, 4.69) is 0 Å². The van der Waals surface area contributed by atoms with Gasteiger partial charge >= 0.3 is 5.97 Å². The Hall–Kier alpha value is -1.85. The summed E-state index contributed by atoms with van der Waals surface area (Å²) in [6.45, 7) is 3.11. The number of carbonyl (C=O) groups is 1. The number of aryl methyl sites for hydroxylation is 1. The van der Waals surface area contributed by atoms with Crippen molar-refractivity contribution in [3.05, 3.63) is 41.2 Å². The van der Waals surface area contributed by atoms with Crippen molar-refractivity contribution in [1.29, 1.82) is 0 Å². The normalized spacial score (nSPS) is 18.6. The summed E-state index contributed by atoms with van der Waals surface area (Å²) in [6.07, 6.45) is 4.32. The summed E-state index contributed by atoms with van der Waals surface area (Å²) in [5.41, 5.74) is 3.12. The SMILES string of the molecule is CO/C=C(/C(=O)OC)c1cccc(C)c1COC1CCCCO1. The lowest BCUT2D eigenvalue weighted by Crippen LogP contribution is -2.22. The maximum absolute atomic E-state index is 12.0. The van der Waals surface area contributed by atoms with Gasteiger partial charge in [0.2, 0.25) is 0 Å². The smallest absolute Gasteiger partial charge is 0.341 e. The number of hydrogen-bond donors (Lipinski definition) is 0. The first-order valence-electron chi connectivity index (χ1n) is 7.80. The van der Waals surface area contributed by atoms with Gasteiger partial charge in [0.25, 0.3) is 0 Å². The summed E-state index contributed by atoms with van der Waals surface area (Å²) in [7, 11) is 2.86. The maximum atomic E-state index is 12.0. The average molecular weight is 320 g/mol. The Balaban J connectivity index is 2.24. The van der Waals surface area contributed by atoms with Crippen LogP contribution in [-0.4, -0.2) is 33.1 Å². The van der Waals surface area contributed by atoms with Crippen LogP contribution in [0.5, 0.6) is 0 Å². The fraction of sp³-hybridized carbons (Fsp3) is 0.500. The molecule has 1 aliphatic heterocycles. The van der Waals surface area contributed by atoms with Crippen molar-refractivity contribution >= 4 is 11.5 Å². The number of ether oxygens (including phenoxy) is 4. The number of rotatable bonds is 6. The first-order valence-corrected chi connectivity index (χ1v) is 7.80. The van der Waals surface area contributed by atoms with Crippen LogP contribution < -0.4 is 0 Å². The van der Waals surface area contributed by atoms with E-state index >= 15 is 0 Å². The molecule has 0 radical (unpaired) electrons. The molecule has 1 heterocycles. The minimum Gasteiger partial charge on any atom is -0.503 e. The second-order valence-corrected chi connectivity index (χ2v) is 5.47. The second kappa shape index (κ2) is 8.70. The summed E-state index contributed by atoms with van der Waals surface area (Å²) in [5, 5.41) is 0. The van der Waals surface area contributed by atoms with E-state index in [0.29, 0.717) is 12.2 Å². The van der Waals surface area contributed by atoms with Crippen molar-refractivity contribution in [2.24, 2.45) is 0 Å². The lowest BCUT2D eigenvalue weighted by molar-refractivity contribution is -0.169. The Kier molecular flexibility index (Phi) is 6.62. The van der Waals surface area contributed by atoms with Gasteiger partial charge in [-0.25, -0.2) is 4.79 Å². The average Bonchev–Trinajstić information content (AvgIpc) is 2.59. The zero-order valence-corrected chi connectivity index (χ0v) is 14.0. The van der Waals surface area contributed by atoms with Gasteiger partial charge in [-0.1, -0.05) is 18.2 Å². The van der Waals surface area contributed by atoms with Gasteiger partial charge in [-0.2, -0.15) is 0 Å². The van der Waals surface area contributed by atoms with Gasteiger partial charge in [0.15, 0.2) is 6.29 Å². The predicted octanol–water partition coefficient (Wildman–Crippen LogP) is 3.20. The number of methoxy groups -OCH3 is 2. The number of esters is 1. The Bertz CT molecular complexity index is 559. The predicted molar refractivity (Wildman–Crippen MR) is 86.6 cm³/mol. The zero-order chi connectivity index (χ0) is 16.7. The number of carbonyl (C=O) groups excluding carboxylic acids is 1. The minimum absolute atomic E-state index is 0.177. The van der Waals surface area contributed by atoms with E-state index in [9.17, 15) is 4.79 Å². The van der Waals surface area contributed by atoms with Crippen molar-refractivity contribution in [1.82, 2.24) is 0 Å². The van der Waals surface area contributed by atoms with E-state index in [4.69, 9.17) is 18.9 Å². The van der Waals surface area contributed by atoms with Gasteiger partial charge in [0, 0.05) is 6.61 Å². The molecule has 1 fully saturated rings. The minimum atomic E-state index is -0.437. The summed E-state index contributed by atoms with van der Waals surface area (Å²) in [5.74, 6) is -0.437. The molecule has 1 atom stereocenters. The van der Waals surface area contributed by atoms with Crippen LogP contribution in [0.15, 0.2) is 24.5 Å². The molecule has 5 nitrogen and oxygen atoms in total. The molecule has 126 valence electrons. The molecule has 23 heavy (non-hydrogen) atoms. The third kappa shape index (κ3) is 4.56. The first kappa shape index (κ1) is 17.5. The molecular weight excluding hydrogens is 296 g/mol. The van der Waals surface area contributed by atoms with Crippen LogP contribution in [0.1, 0.15) is 36.0 Å². The summed E-state index contributed by atoms with van der Waals surface area (Å²) >= 11 is 0. The molecule has 5 heteroatoms. The van der Waals surface area contributed by atoms with E-state index in [-0.39, 0.29) is 6.29 Å². The van der Waals surface area contributed by atoms with Gasteiger partial charge in [0.1, 0.15) is 5.57 Å². The summed E-state index contributed by atoms with van der Waals surface area (Å²) in [6, 6.07) is 5.76. The molecule has 0 amide bonds. The van der Waals surface area contributed by atoms with Crippen LogP contribution in [-0.2, 0) is 30.3 Å².